The molecule has 0 atom stereocenters. The Bertz CT molecular complexity index is 1400. The SMILES string of the molecule is COc1cc(C=C(C#N)c2cccc([N+](=O)[O-])c2)ccc1OCc1cccc2ccccc12. The molecule has 0 aliphatic carbocycles. The summed E-state index contributed by atoms with van der Waals surface area (Å²) in [5, 5.41) is 22.9. The topological polar surface area (TPSA) is 85.4 Å². The van der Waals surface area contributed by atoms with Crippen molar-refractivity contribution in [1.29, 1.82) is 5.26 Å². The minimum absolute atomic E-state index is 0.0663. The first-order chi connectivity index (χ1) is 16.1. The zero-order chi connectivity index (χ0) is 23.2. The number of hydrogen-bond acceptors (Lipinski definition) is 5. The molecule has 0 amide bonds. The van der Waals surface area contributed by atoms with Crippen LogP contribution in [0.4, 0.5) is 5.69 Å². The van der Waals surface area contributed by atoms with E-state index in [-0.39, 0.29) is 5.69 Å². The molecule has 4 rings (SSSR count). The Morgan fingerprint density at radius 2 is 1.79 bits per heavy atom. The Morgan fingerprint density at radius 1 is 1.00 bits per heavy atom. The molecule has 162 valence electrons. The van der Waals surface area contributed by atoms with Crippen LogP contribution in [0.2, 0.25) is 0 Å². The standard InChI is InChI=1S/C27H20N2O4/c1-32-27-15-19(14-23(17-28)21-8-5-10-24(16-21)29(30)31)12-13-26(27)33-18-22-9-4-7-20-6-2-3-11-25(20)22/h2-16H,18H2,1H3. The molecule has 0 saturated heterocycles. The summed E-state index contributed by atoms with van der Waals surface area (Å²) in [6.07, 6.45) is 1.66. The molecule has 0 fully saturated rings. The van der Waals surface area contributed by atoms with Gasteiger partial charge in [-0.05, 0) is 45.7 Å². The van der Waals surface area contributed by atoms with Gasteiger partial charge in [0.15, 0.2) is 11.5 Å². The van der Waals surface area contributed by atoms with E-state index in [1.807, 2.05) is 30.3 Å². The predicted octanol–water partition coefficient (Wildman–Crippen LogP) is 6.40. The second-order valence-electron chi connectivity index (χ2n) is 7.31. The molecular formula is C27H20N2O4. The predicted molar refractivity (Wildman–Crippen MR) is 128 cm³/mol. The number of nitriles is 1. The number of nitro groups is 1. The van der Waals surface area contributed by atoms with Crippen molar-refractivity contribution in [3.63, 3.8) is 0 Å². The van der Waals surface area contributed by atoms with E-state index in [0.717, 1.165) is 16.3 Å². The van der Waals surface area contributed by atoms with Gasteiger partial charge >= 0.3 is 0 Å². The molecule has 0 aliphatic heterocycles. The van der Waals surface area contributed by atoms with Gasteiger partial charge in [0.1, 0.15) is 6.61 Å². The second kappa shape index (κ2) is 9.67. The molecule has 4 aromatic rings. The zero-order valence-electron chi connectivity index (χ0n) is 17.9. The van der Waals surface area contributed by atoms with Gasteiger partial charge in [0, 0.05) is 12.1 Å². The molecule has 0 saturated carbocycles. The average molecular weight is 436 g/mol. The lowest BCUT2D eigenvalue weighted by molar-refractivity contribution is -0.384. The molecule has 0 unspecified atom stereocenters. The van der Waals surface area contributed by atoms with Crippen molar-refractivity contribution < 1.29 is 14.4 Å². The number of benzene rings is 4. The van der Waals surface area contributed by atoms with Gasteiger partial charge < -0.3 is 9.47 Å². The maximum absolute atomic E-state index is 11.1. The summed E-state index contributed by atoms with van der Waals surface area (Å²) in [4.78, 5) is 10.6. The first kappa shape index (κ1) is 21.6. The van der Waals surface area contributed by atoms with E-state index in [1.54, 1.807) is 37.5 Å². The van der Waals surface area contributed by atoms with Crippen LogP contribution in [-0.2, 0) is 6.61 Å². The van der Waals surface area contributed by atoms with Crippen molar-refractivity contribution >= 4 is 28.1 Å². The van der Waals surface area contributed by atoms with Gasteiger partial charge in [0.05, 0.1) is 23.7 Å². The minimum atomic E-state index is -0.483. The highest BCUT2D eigenvalue weighted by molar-refractivity contribution is 5.90. The van der Waals surface area contributed by atoms with Gasteiger partial charge in [-0.1, -0.05) is 60.7 Å². The number of nitrogens with zero attached hydrogens (tertiary/aromatic N) is 2. The number of nitro benzene ring substituents is 1. The van der Waals surface area contributed by atoms with Crippen molar-refractivity contribution in [1.82, 2.24) is 0 Å². The highest BCUT2D eigenvalue weighted by Gasteiger charge is 2.11. The summed E-state index contributed by atoms with van der Waals surface area (Å²) < 4.78 is 11.6. The lowest BCUT2D eigenvalue weighted by atomic mass is 10.0. The van der Waals surface area contributed by atoms with Crippen molar-refractivity contribution in [2.24, 2.45) is 0 Å². The van der Waals surface area contributed by atoms with Gasteiger partial charge in [-0.2, -0.15) is 5.26 Å². The molecule has 33 heavy (non-hydrogen) atoms. The average Bonchev–Trinajstić information content (AvgIpc) is 2.86. The third-order valence-corrected chi connectivity index (χ3v) is 5.25. The molecule has 6 nitrogen and oxygen atoms in total. The minimum Gasteiger partial charge on any atom is -0.493 e. The Hall–Kier alpha value is -4.63. The summed E-state index contributed by atoms with van der Waals surface area (Å²) in [7, 11) is 1.55. The van der Waals surface area contributed by atoms with E-state index < -0.39 is 4.92 Å². The fraction of sp³-hybridized carbons (Fsp3) is 0.0741. The van der Waals surface area contributed by atoms with Gasteiger partial charge in [-0.15, -0.1) is 0 Å². The number of methoxy groups -OCH3 is 1. The highest BCUT2D eigenvalue weighted by atomic mass is 16.6. The molecule has 0 N–H and O–H groups in total. The maximum Gasteiger partial charge on any atom is 0.270 e. The van der Waals surface area contributed by atoms with Crippen molar-refractivity contribution in [2.45, 2.75) is 6.61 Å². The number of ether oxygens (including phenoxy) is 2. The Balaban J connectivity index is 1.59. The molecular weight excluding hydrogens is 416 g/mol. The monoisotopic (exact) mass is 436 g/mol. The number of hydrogen-bond donors (Lipinski definition) is 0. The smallest absolute Gasteiger partial charge is 0.270 e. The first-order valence-corrected chi connectivity index (χ1v) is 10.2. The molecule has 0 aliphatic rings. The quantitative estimate of drug-likeness (QED) is 0.145. The normalized spacial score (nSPS) is 11.1. The van der Waals surface area contributed by atoms with Gasteiger partial charge in [-0.25, -0.2) is 0 Å². The molecule has 0 spiro atoms. The van der Waals surface area contributed by atoms with Crippen LogP contribution in [-0.4, -0.2) is 12.0 Å². The van der Waals surface area contributed by atoms with Gasteiger partial charge in [0.2, 0.25) is 0 Å². The summed E-state index contributed by atoms with van der Waals surface area (Å²) in [6, 6.07) is 27.7. The van der Waals surface area contributed by atoms with E-state index in [2.05, 4.69) is 24.3 Å². The molecule has 0 aromatic heterocycles. The Morgan fingerprint density at radius 3 is 2.58 bits per heavy atom. The fourth-order valence-corrected chi connectivity index (χ4v) is 3.60. The highest BCUT2D eigenvalue weighted by Crippen LogP contribution is 2.31. The Kier molecular flexibility index (Phi) is 6.33. The lowest BCUT2D eigenvalue weighted by Crippen LogP contribution is -1.99. The van der Waals surface area contributed by atoms with E-state index in [0.29, 0.717) is 34.8 Å². The number of fused-ring (bicyclic) bond motifs is 1. The Labute approximate surface area is 191 Å². The molecule has 4 aromatic carbocycles. The molecule has 0 heterocycles. The van der Waals surface area contributed by atoms with E-state index >= 15 is 0 Å². The summed E-state index contributed by atoms with van der Waals surface area (Å²) in [6.45, 7) is 0.379. The van der Waals surface area contributed by atoms with Crippen LogP contribution in [0.3, 0.4) is 0 Å². The van der Waals surface area contributed by atoms with Crippen LogP contribution in [0.25, 0.3) is 22.4 Å². The van der Waals surface area contributed by atoms with E-state index in [9.17, 15) is 15.4 Å². The van der Waals surface area contributed by atoms with Crippen LogP contribution in [0.15, 0.2) is 84.9 Å². The van der Waals surface area contributed by atoms with Crippen molar-refractivity contribution in [2.75, 3.05) is 7.11 Å². The van der Waals surface area contributed by atoms with E-state index in [4.69, 9.17) is 9.47 Å². The summed E-state index contributed by atoms with van der Waals surface area (Å²) >= 11 is 0. The van der Waals surface area contributed by atoms with Crippen molar-refractivity contribution in [3.8, 4) is 17.6 Å². The second-order valence-corrected chi connectivity index (χ2v) is 7.31. The van der Waals surface area contributed by atoms with Crippen LogP contribution >= 0.6 is 0 Å². The number of allylic oxidation sites excluding steroid dienone is 1. The molecule has 6 heteroatoms. The fourth-order valence-electron chi connectivity index (χ4n) is 3.60. The van der Waals surface area contributed by atoms with Crippen LogP contribution in [0.5, 0.6) is 11.5 Å². The third-order valence-electron chi connectivity index (χ3n) is 5.25. The molecule has 0 bridgehead atoms. The third kappa shape index (κ3) is 4.83. The summed E-state index contributed by atoms with van der Waals surface area (Å²) in [5.74, 6) is 1.11. The maximum atomic E-state index is 11.1. The largest absolute Gasteiger partial charge is 0.493 e. The van der Waals surface area contributed by atoms with Crippen molar-refractivity contribution in [3.05, 3.63) is 112 Å². The number of non-ortho nitro benzene ring substituents is 1. The van der Waals surface area contributed by atoms with E-state index in [1.165, 1.54) is 12.1 Å². The lowest BCUT2D eigenvalue weighted by Gasteiger charge is -2.13. The first-order valence-electron chi connectivity index (χ1n) is 10.2. The van der Waals surface area contributed by atoms with Gasteiger partial charge in [-0.3, -0.25) is 10.1 Å². The number of rotatable bonds is 7. The zero-order valence-corrected chi connectivity index (χ0v) is 17.9. The summed E-state index contributed by atoms with van der Waals surface area (Å²) in [5.41, 5.74) is 2.50. The van der Waals surface area contributed by atoms with Crippen LogP contribution in [0.1, 0.15) is 16.7 Å². The van der Waals surface area contributed by atoms with Crippen LogP contribution < -0.4 is 9.47 Å². The van der Waals surface area contributed by atoms with Crippen LogP contribution in [0, 0.1) is 21.4 Å². The van der Waals surface area contributed by atoms with Gasteiger partial charge in [0.25, 0.3) is 5.69 Å². The molecule has 0 radical (unpaired) electrons.